The summed E-state index contributed by atoms with van der Waals surface area (Å²) in [4.78, 5) is 34.3. The van der Waals surface area contributed by atoms with Gasteiger partial charge in [0.05, 0.1) is 11.8 Å². The molecule has 0 spiro atoms. The highest BCUT2D eigenvalue weighted by Crippen LogP contribution is 2.28. The van der Waals surface area contributed by atoms with Crippen LogP contribution in [0.2, 0.25) is 0 Å². The van der Waals surface area contributed by atoms with Gasteiger partial charge in [0.2, 0.25) is 0 Å². The molecule has 3 aliphatic heterocycles. The van der Waals surface area contributed by atoms with Crippen LogP contribution in [-0.2, 0) is 4.74 Å². The smallest absolute Gasteiger partial charge is 0.411 e. The highest BCUT2D eigenvalue weighted by molar-refractivity contribution is 5.91. The summed E-state index contributed by atoms with van der Waals surface area (Å²) in [7, 11) is 0. The molecule has 0 saturated carbocycles. The molecule has 0 radical (unpaired) electrons. The lowest BCUT2D eigenvalue weighted by Gasteiger charge is -2.37. The van der Waals surface area contributed by atoms with E-state index in [0.717, 1.165) is 114 Å². The third-order valence-corrected chi connectivity index (χ3v) is 9.09. The van der Waals surface area contributed by atoms with Crippen LogP contribution in [0.3, 0.4) is 0 Å². The summed E-state index contributed by atoms with van der Waals surface area (Å²) in [5.74, 6) is 0. The van der Waals surface area contributed by atoms with Gasteiger partial charge in [0.25, 0.3) is 0 Å². The number of carbonyl (C=O) groups is 2. The van der Waals surface area contributed by atoms with Crippen molar-refractivity contribution in [2.45, 2.75) is 63.7 Å². The quantitative estimate of drug-likeness (QED) is 0.402. The number of likely N-dealkylation sites (tertiary alicyclic amines) is 2. The molecule has 0 aliphatic carbocycles. The fourth-order valence-corrected chi connectivity index (χ4v) is 6.51. The number of aliphatic hydroxyl groups excluding tert-OH is 1. The number of nitrogens with one attached hydrogen (secondary N) is 1. The largest absolute Gasteiger partial charge is 0.446 e. The van der Waals surface area contributed by atoms with Gasteiger partial charge in [-0.25, -0.2) is 9.59 Å². The second kappa shape index (κ2) is 14.8. The molecule has 2 aromatic carbocycles. The number of nitrogens with zero attached hydrogens (tertiary/aromatic N) is 4. The zero-order valence-electron chi connectivity index (χ0n) is 25.0. The fraction of sp³-hybridized carbons (Fsp3) is 0.576. The maximum atomic E-state index is 12.9. The lowest BCUT2D eigenvalue weighted by atomic mass is 10.0. The number of carbonyl (C=O) groups excluding carboxylic acids is 2. The first-order chi connectivity index (χ1) is 20.5. The first-order valence-corrected chi connectivity index (χ1v) is 15.8. The highest BCUT2D eigenvalue weighted by atomic mass is 16.6. The summed E-state index contributed by atoms with van der Waals surface area (Å²) in [5.41, 5.74) is 2.77. The molecular formula is C33H47N5O4. The van der Waals surface area contributed by atoms with E-state index in [1.54, 1.807) is 0 Å². The molecule has 42 heavy (non-hydrogen) atoms. The SMILES string of the molecule is CC1C(O)CCCN1CCCN1CCN(CCCN2CCC(OC(=O)Nc3ccccc3-c3ccccc3)CC2)C1=O. The van der Waals surface area contributed by atoms with Crippen molar-refractivity contribution in [3.05, 3.63) is 54.6 Å². The van der Waals surface area contributed by atoms with E-state index in [1.165, 1.54) is 0 Å². The van der Waals surface area contributed by atoms with Crippen LogP contribution in [0, 0.1) is 0 Å². The minimum Gasteiger partial charge on any atom is -0.446 e. The molecule has 9 heteroatoms. The van der Waals surface area contributed by atoms with Gasteiger partial charge in [0.1, 0.15) is 6.10 Å². The number of hydrogen-bond donors (Lipinski definition) is 2. The normalized spacial score (nSPS) is 22.5. The second-order valence-corrected chi connectivity index (χ2v) is 11.9. The number of benzene rings is 2. The minimum atomic E-state index is -0.406. The first-order valence-electron chi connectivity index (χ1n) is 15.8. The molecular weight excluding hydrogens is 530 g/mol. The number of piperidine rings is 2. The number of aliphatic hydroxyl groups is 1. The van der Waals surface area contributed by atoms with Crippen molar-refractivity contribution < 1.29 is 19.4 Å². The van der Waals surface area contributed by atoms with E-state index in [2.05, 4.69) is 22.0 Å². The first kappa shape index (κ1) is 30.3. The van der Waals surface area contributed by atoms with Crippen LogP contribution in [0.4, 0.5) is 15.3 Å². The molecule has 3 heterocycles. The summed E-state index contributed by atoms with van der Waals surface area (Å²) in [5, 5.41) is 13.1. The minimum absolute atomic E-state index is 0.0879. The van der Waals surface area contributed by atoms with E-state index in [4.69, 9.17) is 4.74 Å². The molecule has 2 N–H and O–H groups in total. The Hall–Kier alpha value is -3.14. The molecule has 228 valence electrons. The number of ether oxygens (including phenoxy) is 1. The van der Waals surface area contributed by atoms with Gasteiger partial charge in [-0.15, -0.1) is 0 Å². The molecule has 5 rings (SSSR count). The van der Waals surface area contributed by atoms with Crippen molar-refractivity contribution in [1.82, 2.24) is 19.6 Å². The van der Waals surface area contributed by atoms with Gasteiger partial charge in [-0.1, -0.05) is 48.5 Å². The number of anilines is 1. The molecule has 3 aliphatic rings. The van der Waals surface area contributed by atoms with E-state index in [0.29, 0.717) is 0 Å². The van der Waals surface area contributed by atoms with Crippen molar-refractivity contribution in [3.8, 4) is 11.1 Å². The molecule has 3 amide bonds. The number of rotatable bonds is 11. The van der Waals surface area contributed by atoms with E-state index in [9.17, 15) is 14.7 Å². The second-order valence-electron chi connectivity index (χ2n) is 11.9. The van der Waals surface area contributed by atoms with Crippen LogP contribution < -0.4 is 5.32 Å². The summed E-state index contributed by atoms with van der Waals surface area (Å²) < 4.78 is 5.78. The molecule has 3 saturated heterocycles. The lowest BCUT2D eigenvalue weighted by Crippen LogP contribution is -2.47. The van der Waals surface area contributed by atoms with Crippen molar-refractivity contribution in [2.75, 3.05) is 64.2 Å². The summed E-state index contributed by atoms with van der Waals surface area (Å²) in [6, 6.07) is 18.2. The Labute approximate surface area is 250 Å². The molecule has 3 fully saturated rings. The fourth-order valence-electron chi connectivity index (χ4n) is 6.51. The van der Waals surface area contributed by atoms with Gasteiger partial charge in [-0.3, -0.25) is 10.2 Å². The standard InChI is InChI=1S/C33H47N5O4/c1-26-31(39)14-7-18-36(26)19-9-21-38-25-24-37(33(38)41)20-8-17-35-22-15-28(16-23-35)42-32(40)34-30-13-6-5-12-29(30)27-10-3-2-4-11-27/h2-6,10-13,26,28,31,39H,7-9,14-25H2,1H3,(H,34,40). The van der Waals surface area contributed by atoms with Gasteiger partial charge in [-0.05, 0) is 70.2 Å². The Bertz CT molecular complexity index is 1160. The Kier molecular flexibility index (Phi) is 10.7. The van der Waals surface area contributed by atoms with Crippen molar-refractivity contribution in [3.63, 3.8) is 0 Å². The van der Waals surface area contributed by atoms with Crippen LogP contribution in [0.1, 0.15) is 45.4 Å². The van der Waals surface area contributed by atoms with Crippen molar-refractivity contribution >= 4 is 17.8 Å². The summed E-state index contributed by atoms with van der Waals surface area (Å²) in [6.45, 7) is 9.98. The average Bonchev–Trinajstić information content (AvgIpc) is 3.35. The molecule has 9 nitrogen and oxygen atoms in total. The summed E-state index contributed by atoms with van der Waals surface area (Å²) in [6.07, 6.45) is 4.75. The monoisotopic (exact) mass is 577 g/mol. The zero-order valence-corrected chi connectivity index (χ0v) is 25.0. The Morgan fingerprint density at radius 3 is 2.26 bits per heavy atom. The lowest BCUT2D eigenvalue weighted by molar-refractivity contribution is 0.0188. The van der Waals surface area contributed by atoms with Crippen LogP contribution in [0.25, 0.3) is 11.1 Å². The zero-order chi connectivity index (χ0) is 29.3. The van der Waals surface area contributed by atoms with Crippen LogP contribution >= 0.6 is 0 Å². The van der Waals surface area contributed by atoms with E-state index < -0.39 is 6.09 Å². The van der Waals surface area contributed by atoms with Gasteiger partial charge < -0.3 is 24.5 Å². The number of amides is 3. The van der Waals surface area contributed by atoms with Crippen LogP contribution in [-0.4, -0.2) is 114 Å². The predicted molar refractivity (Wildman–Crippen MR) is 165 cm³/mol. The number of urea groups is 1. The maximum absolute atomic E-state index is 12.9. The third-order valence-electron chi connectivity index (χ3n) is 9.09. The van der Waals surface area contributed by atoms with E-state index >= 15 is 0 Å². The van der Waals surface area contributed by atoms with Gasteiger partial charge in [-0.2, -0.15) is 0 Å². The van der Waals surface area contributed by atoms with Gasteiger partial charge in [0.15, 0.2) is 0 Å². The molecule has 0 aromatic heterocycles. The molecule has 0 bridgehead atoms. The Balaban J connectivity index is 0.962. The topological polar surface area (TPSA) is 88.6 Å². The third kappa shape index (κ3) is 8.02. The van der Waals surface area contributed by atoms with Crippen LogP contribution in [0.5, 0.6) is 0 Å². The summed E-state index contributed by atoms with van der Waals surface area (Å²) >= 11 is 0. The van der Waals surface area contributed by atoms with E-state index in [-0.39, 0.29) is 24.3 Å². The molecule has 2 atom stereocenters. The van der Waals surface area contributed by atoms with E-state index in [1.807, 2.05) is 64.4 Å². The highest BCUT2D eigenvalue weighted by Gasteiger charge is 2.30. The van der Waals surface area contributed by atoms with Crippen molar-refractivity contribution in [2.24, 2.45) is 0 Å². The predicted octanol–water partition coefficient (Wildman–Crippen LogP) is 4.73. The molecule has 2 aromatic rings. The maximum Gasteiger partial charge on any atom is 0.411 e. The van der Waals surface area contributed by atoms with Crippen LogP contribution in [0.15, 0.2) is 54.6 Å². The average molecular weight is 578 g/mol. The number of para-hydroxylation sites is 1. The number of hydrogen-bond acceptors (Lipinski definition) is 6. The van der Waals surface area contributed by atoms with Gasteiger partial charge in [0, 0.05) is 57.4 Å². The Morgan fingerprint density at radius 2 is 1.52 bits per heavy atom. The Morgan fingerprint density at radius 1 is 0.857 bits per heavy atom. The molecule has 2 unspecified atom stereocenters. The van der Waals surface area contributed by atoms with Crippen molar-refractivity contribution in [1.29, 1.82) is 0 Å². The van der Waals surface area contributed by atoms with Gasteiger partial charge >= 0.3 is 12.1 Å².